The molecule has 3 aromatic rings. The predicted octanol–water partition coefficient (Wildman–Crippen LogP) is 4.15. The van der Waals surface area contributed by atoms with Crippen LogP contribution in [0.1, 0.15) is 16.1 Å². The summed E-state index contributed by atoms with van der Waals surface area (Å²) in [6.45, 7) is 0. The Labute approximate surface area is 148 Å². The third-order valence-corrected chi connectivity index (χ3v) is 3.79. The fourth-order valence-corrected chi connectivity index (χ4v) is 2.48. The number of hydrogen-bond acceptors (Lipinski definition) is 3. The lowest BCUT2D eigenvalue weighted by Gasteiger charge is -1.99. The van der Waals surface area contributed by atoms with Gasteiger partial charge >= 0.3 is 0 Å². The van der Waals surface area contributed by atoms with Crippen molar-refractivity contribution in [1.82, 2.24) is 15.6 Å². The molecule has 0 atom stereocenters. The molecular weight excluding hydrogens is 347 g/mol. The maximum atomic E-state index is 12.1. The zero-order chi connectivity index (χ0) is 16.9. The highest BCUT2D eigenvalue weighted by Crippen LogP contribution is 2.19. The van der Waals surface area contributed by atoms with Gasteiger partial charge in [0, 0.05) is 16.1 Å². The van der Waals surface area contributed by atoms with E-state index in [2.05, 4.69) is 20.7 Å². The fourth-order valence-electron chi connectivity index (χ4n) is 2.02. The van der Waals surface area contributed by atoms with E-state index in [4.69, 9.17) is 23.2 Å². The van der Waals surface area contributed by atoms with Crippen LogP contribution in [0.5, 0.6) is 0 Å². The lowest BCUT2D eigenvalue weighted by molar-refractivity contribution is 0.0950. The van der Waals surface area contributed by atoms with E-state index in [-0.39, 0.29) is 0 Å². The summed E-state index contributed by atoms with van der Waals surface area (Å²) >= 11 is 11.9. The summed E-state index contributed by atoms with van der Waals surface area (Å²) in [5.74, 6) is -0.397. The smallest absolute Gasteiger partial charge is 0.272 e. The van der Waals surface area contributed by atoms with E-state index in [1.54, 1.807) is 24.3 Å². The summed E-state index contributed by atoms with van der Waals surface area (Å²) in [7, 11) is 0. The standard InChI is InChI=1S/C17H12Cl2N4O/c18-13-7-6-12(14(19)8-13)10-20-23-17(24)16-9-15(21-22-16)11-4-2-1-3-5-11/h1-10H,(H,21,22)(H,23,24). The fraction of sp³-hybridized carbons (Fsp3) is 0. The van der Waals surface area contributed by atoms with Gasteiger partial charge in [-0.3, -0.25) is 9.89 Å². The number of halogens is 2. The van der Waals surface area contributed by atoms with Crippen molar-refractivity contribution in [2.45, 2.75) is 0 Å². The second-order valence-corrected chi connectivity index (χ2v) is 5.74. The molecule has 5 nitrogen and oxygen atoms in total. The number of aromatic amines is 1. The van der Waals surface area contributed by atoms with Gasteiger partial charge in [-0.1, -0.05) is 59.6 Å². The first-order valence-corrected chi connectivity index (χ1v) is 7.78. The van der Waals surface area contributed by atoms with Gasteiger partial charge in [-0.2, -0.15) is 10.2 Å². The molecule has 0 radical (unpaired) electrons. The van der Waals surface area contributed by atoms with Crippen molar-refractivity contribution in [3.8, 4) is 11.3 Å². The Morgan fingerprint density at radius 1 is 1.12 bits per heavy atom. The molecule has 2 aromatic carbocycles. The van der Waals surface area contributed by atoms with Crippen LogP contribution in [0.3, 0.4) is 0 Å². The van der Waals surface area contributed by atoms with Gasteiger partial charge in [0.1, 0.15) is 5.69 Å². The number of carbonyl (C=O) groups excluding carboxylic acids is 1. The van der Waals surface area contributed by atoms with Crippen LogP contribution in [0.2, 0.25) is 10.0 Å². The van der Waals surface area contributed by atoms with Crippen LogP contribution in [0.15, 0.2) is 59.7 Å². The first-order valence-electron chi connectivity index (χ1n) is 7.03. The Morgan fingerprint density at radius 3 is 2.67 bits per heavy atom. The minimum absolute atomic E-state index is 0.313. The second kappa shape index (κ2) is 7.29. The summed E-state index contributed by atoms with van der Waals surface area (Å²) in [5, 5.41) is 11.7. The molecule has 0 spiro atoms. The average molecular weight is 359 g/mol. The molecule has 1 amide bonds. The number of nitrogens with zero attached hydrogens (tertiary/aromatic N) is 2. The molecule has 7 heteroatoms. The number of hydrazone groups is 1. The van der Waals surface area contributed by atoms with Crippen LogP contribution in [0, 0.1) is 0 Å². The van der Waals surface area contributed by atoms with E-state index in [9.17, 15) is 4.79 Å². The molecular formula is C17H12Cl2N4O. The number of nitrogens with one attached hydrogen (secondary N) is 2. The molecule has 1 heterocycles. The van der Waals surface area contributed by atoms with Crippen LogP contribution in [0.4, 0.5) is 0 Å². The van der Waals surface area contributed by atoms with E-state index < -0.39 is 5.91 Å². The summed E-state index contributed by atoms with van der Waals surface area (Å²) in [5.41, 5.74) is 4.99. The molecule has 0 saturated heterocycles. The molecule has 0 fully saturated rings. The summed E-state index contributed by atoms with van der Waals surface area (Å²) in [4.78, 5) is 12.1. The number of carbonyl (C=O) groups is 1. The number of rotatable bonds is 4. The van der Waals surface area contributed by atoms with Gasteiger partial charge in [-0.05, 0) is 18.2 Å². The van der Waals surface area contributed by atoms with Crippen molar-refractivity contribution in [2.75, 3.05) is 0 Å². The Morgan fingerprint density at radius 2 is 1.92 bits per heavy atom. The summed E-state index contributed by atoms with van der Waals surface area (Å²) < 4.78 is 0. The molecule has 0 aliphatic rings. The van der Waals surface area contributed by atoms with Crippen molar-refractivity contribution in [1.29, 1.82) is 0 Å². The topological polar surface area (TPSA) is 70.1 Å². The lowest BCUT2D eigenvalue weighted by Crippen LogP contribution is -2.18. The van der Waals surface area contributed by atoms with Gasteiger partial charge in [-0.15, -0.1) is 0 Å². The van der Waals surface area contributed by atoms with Gasteiger partial charge in [0.25, 0.3) is 5.91 Å². The molecule has 0 saturated carbocycles. The molecule has 3 rings (SSSR count). The van der Waals surface area contributed by atoms with Crippen LogP contribution in [-0.4, -0.2) is 22.3 Å². The molecule has 120 valence electrons. The van der Waals surface area contributed by atoms with Gasteiger partial charge in [0.15, 0.2) is 0 Å². The first-order chi connectivity index (χ1) is 11.6. The van der Waals surface area contributed by atoms with Crippen molar-refractivity contribution in [2.24, 2.45) is 5.10 Å². The zero-order valence-electron chi connectivity index (χ0n) is 12.3. The van der Waals surface area contributed by atoms with Gasteiger partial charge in [0.2, 0.25) is 0 Å². The molecule has 0 aliphatic heterocycles. The van der Waals surface area contributed by atoms with Gasteiger partial charge in [-0.25, -0.2) is 5.43 Å². The van der Waals surface area contributed by atoms with Crippen molar-refractivity contribution in [3.63, 3.8) is 0 Å². The zero-order valence-corrected chi connectivity index (χ0v) is 13.8. The largest absolute Gasteiger partial charge is 0.289 e. The van der Waals surface area contributed by atoms with E-state index in [1.807, 2.05) is 30.3 Å². The number of H-pyrrole nitrogens is 1. The quantitative estimate of drug-likeness (QED) is 0.543. The first kappa shape index (κ1) is 16.2. The Bertz CT molecular complexity index is 891. The van der Waals surface area contributed by atoms with E-state index in [1.165, 1.54) is 6.21 Å². The van der Waals surface area contributed by atoms with E-state index in [0.717, 1.165) is 5.56 Å². The number of hydrogen-bond donors (Lipinski definition) is 2. The van der Waals surface area contributed by atoms with Crippen LogP contribution >= 0.6 is 23.2 Å². The van der Waals surface area contributed by atoms with Crippen LogP contribution in [-0.2, 0) is 0 Å². The van der Waals surface area contributed by atoms with Gasteiger partial charge < -0.3 is 0 Å². The monoisotopic (exact) mass is 358 g/mol. The normalized spacial score (nSPS) is 10.9. The molecule has 2 N–H and O–H groups in total. The van der Waals surface area contributed by atoms with Crippen LogP contribution < -0.4 is 5.43 Å². The Balaban J connectivity index is 1.67. The second-order valence-electron chi connectivity index (χ2n) is 4.90. The molecule has 0 unspecified atom stereocenters. The number of benzene rings is 2. The third-order valence-electron chi connectivity index (χ3n) is 3.22. The van der Waals surface area contributed by atoms with Crippen molar-refractivity contribution >= 4 is 35.3 Å². The number of amides is 1. The maximum Gasteiger partial charge on any atom is 0.289 e. The minimum atomic E-state index is -0.397. The number of aromatic nitrogens is 2. The highest BCUT2D eigenvalue weighted by atomic mass is 35.5. The molecule has 0 aliphatic carbocycles. The van der Waals surface area contributed by atoms with E-state index in [0.29, 0.717) is 27.0 Å². The highest BCUT2D eigenvalue weighted by Gasteiger charge is 2.10. The summed E-state index contributed by atoms with van der Waals surface area (Å²) in [6, 6.07) is 16.2. The Hall–Kier alpha value is -2.63. The third kappa shape index (κ3) is 3.82. The lowest BCUT2D eigenvalue weighted by atomic mass is 10.1. The molecule has 0 bridgehead atoms. The van der Waals surface area contributed by atoms with Crippen molar-refractivity contribution < 1.29 is 4.79 Å². The Kier molecular flexibility index (Phi) is 4.93. The van der Waals surface area contributed by atoms with Gasteiger partial charge in [0.05, 0.1) is 16.9 Å². The summed E-state index contributed by atoms with van der Waals surface area (Å²) in [6.07, 6.45) is 1.45. The van der Waals surface area contributed by atoms with Crippen molar-refractivity contribution in [3.05, 3.63) is 75.9 Å². The van der Waals surface area contributed by atoms with Crippen LogP contribution in [0.25, 0.3) is 11.3 Å². The molecule has 24 heavy (non-hydrogen) atoms. The SMILES string of the molecule is O=C(NN=Cc1ccc(Cl)cc1Cl)c1cc(-c2ccccc2)n[nH]1. The molecule has 1 aromatic heterocycles. The maximum absolute atomic E-state index is 12.1. The van der Waals surface area contributed by atoms with E-state index >= 15 is 0 Å². The average Bonchev–Trinajstić information content (AvgIpc) is 3.08. The predicted molar refractivity (Wildman–Crippen MR) is 95.5 cm³/mol. The highest BCUT2D eigenvalue weighted by molar-refractivity contribution is 6.36. The minimum Gasteiger partial charge on any atom is -0.272 e.